The van der Waals surface area contributed by atoms with Crippen LogP contribution in [0.15, 0.2) is 16.8 Å². The Kier molecular flexibility index (Phi) is 5.67. The van der Waals surface area contributed by atoms with Crippen molar-refractivity contribution in [1.29, 1.82) is 0 Å². The molecule has 0 radical (unpaired) electrons. The van der Waals surface area contributed by atoms with Gasteiger partial charge >= 0.3 is 6.03 Å². The summed E-state index contributed by atoms with van der Waals surface area (Å²) in [6.07, 6.45) is 1.99. The molecule has 0 aliphatic heterocycles. The van der Waals surface area contributed by atoms with E-state index in [0.29, 0.717) is 5.92 Å². The first kappa shape index (κ1) is 13.7. The first-order valence-electron chi connectivity index (χ1n) is 5.15. The van der Waals surface area contributed by atoms with Crippen molar-refractivity contribution in [1.82, 2.24) is 5.43 Å². The molecule has 3 N–H and O–H groups in total. The number of hydrazone groups is 1. The number of carbonyl (C=O) groups is 1. The molecular formula is C11H21N3O. The van der Waals surface area contributed by atoms with Gasteiger partial charge < -0.3 is 5.73 Å². The molecule has 15 heavy (non-hydrogen) atoms. The number of nitrogens with zero attached hydrogens (tertiary/aromatic N) is 1. The minimum atomic E-state index is -0.635. The predicted octanol–water partition coefficient (Wildman–Crippen LogP) is 2.27. The van der Waals surface area contributed by atoms with Crippen LogP contribution in [0.25, 0.3) is 0 Å². The third kappa shape index (κ3) is 5.88. The molecule has 86 valence electrons. The van der Waals surface area contributed by atoms with Crippen molar-refractivity contribution in [3.8, 4) is 0 Å². The summed E-state index contributed by atoms with van der Waals surface area (Å²) in [6.45, 7) is 10.3. The highest BCUT2D eigenvalue weighted by Gasteiger charge is 2.05. The molecule has 0 aromatic heterocycles. The van der Waals surface area contributed by atoms with Crippen LogP contribution in [-0.2, 0) is 0 Å². The third-order valence-electron chi connectivity index (χ3n) is 2.17. The Morgan fingerprint density at radius 2 is 1.80 bits per heavy atom. The van der Waals surface area contributed by atoms with Crippen molar-refractivity contribution in [3.63, 3.8) is 0 Å². The normalized spacial score (nSPS) is 13.5. The Balaban J connectivity index is 4.75. The standard InChI is InChI=1S/C11H21N3O/c1-7(2)9(5)6-10(8(3)4)13-14-11(12)15/h6-8H,1-5H3,(H3,12,14,15)/b9-6-,13-10?. The van der Waals surface area contributed by atoms with Gasteiger partial charge in [0.2, 0.25) is 0 Å². The third-order valence-corrected chi connectivity index (χ3v) is 2.17. The number of primary amides is 1. The highest BCUT2D eigenvalue weighted by Crippen LogP contribution is 2.10. The van der Waals surface area contributed by atoms with Crippen LogP contribution in [0.3, 0.4) is 0 Å². The maximum absolute atomic E-state index is 10.5. The van der Waals surface area contributed by atoms with E-state index in [1.807, 2.05) is 26.8 Å². The number of hydrogen-bond acceptors (Lipinski definition) is 2. The molecule has 0 aliphatic rings. The van der Waals surface area contributed by atoms with Gasteiger partial charge in [-0.25, -0.2) is 10.2 Å². The Bertz CT molecular complexity index is 278. The van der Waals surface area contributed by atoms with Crippen molar-refractivity contribution in [2.24, 2.45) is 22.7 Å². The largest absolute Gasteiger partial charge is 0.350 e. The van der Waals surface area contributed by atoms with Gasteiger partial charge in [0, 0.05) is 0 Å². The van der Waals surface area contributed by atoms with E-state index in [1.165, 1.54) is 5.57 Å². The molecule has 4 nitrogen and oxygen atoms in total. The molecule has 0 atom stereocenters. The van der Waals surface area contributed by atoms with E-state index in [-0.39, 0.29) is 5.92 Å². The van der Waals surface area contributed by atoms with Crippen LogP contribution in [0, 0.1) is 11.8 Å². The number of urea groups is 1. The molecule has 0 fully saturated rings. The maximum atomic E-state index is 10.5. The summed E-state index contributed by atoms with van der Waals surface area (Å²) in [7, 11) is 0. The number of rotatable bonds is 4. The first-order chi connectivity index (χ1) is 6.84. The van der Waals surface area contributed by atoms with E-state index in [1.54, 1.807) is 0 Å². The monoisotopic (exact) mass is 211 g/mol. The molecule has 0 aromatic carbocycles. The van der Waals surface area contributed by atoms with Crippen LogP contribution in [0.2, 0.25) is 0 Å². The summed E-state index contributed by atoms with van der Waals surface area (Å²) in [5.74, 6) is 0.730. The first-order valence-corrected chi connectivity index (χ1v) is 5.15. The Morgan fingerprint density at radius 3 is 2.13 bits per heavy atom. The van der Waals surface area contributed by atoms with Crippen molar-refractivity contribution in [2.75, 3.05) is 0 Å². The van der Waals surface area contributed by atoms with E-state index < -0.39 is 6.03 Å². The van der Waals surface area contributed by atoms with Gasteiger partial charge in [-0.15, -0.1) is 0 Å². The van der Waals surface area contributed by atoms with E-state index in [9.17, 15) is 4.79 Å². The number of nitrogens with two attached hydrogens (primary N) is 1. The highest BCUT2D eigenvalue weighted by atomic mass is 16.2. The molecule has 0 heterocycles. The summed E-state index contributed by atoms with van der Waals surface area (Å²) in [5, 5.41) is 3.96. The summed E-state index contributed by atoms with van der Waals surface area (Å²) < 4.78 is 0. The lowest BCUT2D eigenvalue weighted by Crippen LogP contribution is -2.26. The average Bonchev–Trinajstić information content (AvgIpc) is 2.10. The van der Waals surface area contributed by atoms with E-state index in [4.69, 9.17) is 5.73 Å². The average molecular weight is 211 g/mol. The number of nitrogens with one attached hydrogen (secondary N) is 1. The quantitative estimate of drug-likeness (QED) is 0.543. The number of hydrogen-bond donors (Lipinski definition) is 2. The molecular weight excluding hydrogens is 190 g/mol. The fourth-order valence-corrected chi connectivity index (χ4v) is 0.848. The molecule has 0 saturated carbocycles. The van der Waals surface area contributed by atoms with Gasteiger partial charge in [-0.3, -0.25) is 0 Å². The van der Waals surface area contributed by atoms with Crippen molar-refractivity contribution in [2.45, 2.75) is 34.6 Å². The van der Waals surface area contributed by atoms with Crippen LogP contribution < -0.4 is 11.2 Å². The minimum absolute atomic E-state index is 0.255. The van der Waals surface area contributed by atoms with Gasteiger partial charge in [0.05, 0.1) is 5.71 Å². The van der Waals surface area contributed by atoms with E-state index in [2.05, 4.69) is 24.4 Å². The molecule has 0 rings (SSSR count). The molecule has 0 aliphatic carbocycles. The lowest BCUT2D eigenvalue weighted by molar-refractivity contribution is 0.249. The fraction of sp³-hybridized carbons (Fsp3) is 0.636. The van der Waals surface area contributed by atoms with Gasteiger partial charge in [-0.05, 0) is 24.8 Å². The minimum Gasteiger partial charge on any atom is -0.350 e. The molecule has 2 amide bonds. The molecule has 0 spiro atoms. The van der Waals surface area contributed by atoms with E-state index in [0.717, 1.165) is 5.71 Å². The number of carbonyl (C=O) groups excluding carboxylic acids is 1. The van der Waals surface area contributed by atoms with Gasteiger partial charge in [0.25, 0.3) is 0 Å². The smallest absolute Gasteiger partial charge is 0.332 e. The van der Waals surface area contributed by atoms with Crippen LogP contribution in [-0.4, -0.2) is 11.7 Å². The van der Waals surface area contributed by atoms with Crippen molar-refractivity contribution in [3.05, 3.63) is 11.6 Å². The summed E-state index contributed by atoms with van der Waals surface area (Å²) in [4.78, 5) is 10.5. The van der Waals surface area contributed by atoms with Gasteiger partial charge in [-0.1, -0.05) is 33.3 Å². The molecule has 0 unspecified atom stereocenters. The second-order valence-electron chi connectivity index (χ2n) is 4.21. The predicted molar refractivity (Wildman–Crippen MR) is 63.6 cm³/mol. The van der Waals surface area contributed by atoms with Gasteiger partial charge in [-0.2, -0.15) is 5.10 Å². The maximum Gasteiger partial charge on any atom is 0.332 e. The summed E-state index contributed by atoms with van der Waals surface area (Å²) >= 11 is 0. The van der Waals surface area contributed by atoms with Crippen LogP contribution in [0.5, 0.6) is 0 Å². The van der Waals surface area contributed by atoms with Gasteiger partial charge in [0.1, 0.15) is 0 Å². The zero-order valence-electron chi connectivity index (χ0n) is 10.2. The van der Waals surface area contributed by atoms with Crippen LogP contribution in [0.1, 0.15) is 34.6 Å². The molecule has 0 saturated heterocycles. The van der Waals surface area contributed by atoms with Crippen LogP contribution >= 0.6 is 0 Å². The molecule has 4 heteroatoms. The number of amides is 2. The molecule has 0 bridgehead atoms. The molecule has 0 aromatic rings. The zero-order valence-corrected chi connectivity index (χ0v) is 10.2. The lowest BCUT2D eigenvalue weighted by Gasteiger charge is -2.09. The van der Waals surface area contributed by atoms with Crippen molar-refractivity contribution < 1.29 is 4.79 Å². The summed E-state index contributed by atoms with van der Waals surface area (Å²) in [5.41, 5.74) is 9.27. The topological polar surface area (TPSA) is 67.5 Å². The lowest BCUT2D eigenvalue weighted by atomic mass is 10.00. The highest BCUT2D eigenvalue weighted by molar-refractivity contribution is 5.97. The number of allylic oxidation sites excluding steroid dienone is 2. The van der Waals surface area contributed by atoms with Crippen molar-refractivity contribution >= 4 is 11.7 Å². The second-order valence-corrected chi connectivity index (χ2v) is 4.21. The fourth-order valence-electron chi connectivity index (χ4n) is 0.848. The Hall–Kier alpha value is -1.32. The second kappa shape index (κ2) is 6.22. The SMILES string of the molecule is C/C(=C/C(=NNC(N)=O)C(C)C)C(C)C. The Morgan fingerprint density at radius 1 is 1.27 bits per heavy atom. The van der Waals surface area contributed by atoms with Crippen LogP contribution in [0.4, 0.5) is 4.79 Å². The van der Waals surface area contributed by atoms with E-state index >= 15 is 0 Å². The summed E-state index contributed by atoms with van der Waals surface area (Å²) in [6, 6.07) is -0.635. The zero-order chi connectivity index (χ0) is 12.0. The Labute approximate surface area is 91.6 Å². The van der Waals surface area contributed by atoms with Gasteiger partial charge in [0.15, 0.2) is 0 Å².